The molecule has 0 spiro atoms. The topological polar surface area (TPSA) is 118 Å². The molecule has 1 aliphatic rings. The molecule has 3 aromatic rings. The van der Waals surface area contributed by atoms with Gasteiger partial charge in [0, 0.05) is 30.1 Å². The highest BCUT2D eigenvalue weighted by atomic mass is 16.5. The third-order valence-corrected chi connectivity index (χ3v) is 6.57. The standard InChI is InChI=1S/C28H34N4O4/c1-28(2,29)27(35)31-23(16-20-17-30-22-13-7-6-12-21(20)22)25(33)32-15-9-8-14-24(32)26(34)36-18-19-10-4-3-5-11-19/h3-7,10-13,17,23-24,30H,8-9,14-16,18,29H2,1-2H3,(H,31,35)/t23-,24?/m1/s1. The third kappa shape index (κ3) is 5.94. The molecule has 2 aromatic carbocycles. The lowest BCUT2D eigenvalue weighted by atomic mass is 9.97. The Bertz CT molecular complexity index is 1220. The summed E-state index contributed by atoms with van der Waals surface area (Å²) in [5.74, 6) is -1.16. The highest BCUT2D eigenvalue weighted by Gasteiger charge is 2.38. The van der Waals surface area contributed by atoms with Crippen molar-refractivity contribution >= 4 is 28.7 Å². The number of benzene rings is 2. The predicted octanol–water partition coefficient (Wildman–Crippen LogP) is 3.06. The number of nitrogens with two attached hydrogens (primary N) is 1. The third-order valence-electron chi connectivity index (χ3n) is 6.57. The lowest BCUT2D eigenvalue weighted by Crippen LogP contribution is -2.59. The fourth-order valence-electron chi connectivity index (χ4n) is 4.53. The van der Waals surface area contributed by atoms with Gasteiger partial charge in [-0.05, 0) is 50.3 Å². The zero-order valence-corrected chi connectivity index (χ0v) is 20.8. The summed E-state index contributed by atoms with van der Waals surface area (Å²) >= 11 is 0. The van der Waals surface area contributed by atoms with Crippen molar-refractivity contribution in [2.75, 3.05) is 6.54 Å². The van der Waals surface area contributed by atoms with Crippen LogP contribution in [0.15, 0.2) is 60.8 Å². The first-order valence-electron chi connectivity index (χ1n) is 12.4. The van der Waals surface area contributed by atoms with E-state index in [1.807, 2.05) is 60.8 Å². The number of amides is 2. The molecule has 4 rings (SSSR count). The SMILES string of the molecule is CC(C)(N)C(=O)N[C@H](Cc1c[nH]c2ccccc12)C(=O)N1CCCCC1C(=O)OCc1ccccc1. The Morgan fingerprint density at radius 3 is 2.58 bits per heavy atom. The van der Waals surface area contributed by atoms with Gasteiger partial charge in [0.25, 0.3) is 0 Å². The smallest absolute Gasteiger partial charge is 0.329 e. The highest BCUT2D eigenvalue weighted by molar-refractivity contribution is 5.94. The number of para-hydroxylation sites is 1. The zero-order chi connectivity index (χ0) is 25.7. The van der Waals surface area contributed by atoms with E-state index in [-0.39, 0.29) is 18.9 Å². The number of H-pyrrole nitrogens is 1. The van der Waals surface area contributed by atoms with Crippen LogP contribution in [0.4, 0.5) is 0 Å². The minimum Gasteiger partial charge on any atom is -0.459 e. The van der Waals surface area contributed by atoms with Crippen molar-refractivity contribution in [3.63, 3.8) is 0 Å². The number of likely N-dealkylation sites (tertiary alicyclic amines) is 1. The van der Waals surface area contributed by atoms with E-state index in [1.165, 1.54) is 0 Å². The lowest BCUT2D eigenvalue weighted by Gasteiger charge is -2.37. The van der Waals surface area contributed by atoms with Gasteiger partial charge in [-0.25, -0.2) is 4.79 Å². The predicted molar refractivity (Wildman–Crippen MR) is 138 cm³/mol. The van der Waals surface area contributed by atoms with E-state index >= 15 is 0 Å². The number of ether oxygens (including phenoxy) is 1. The summed E-state index contributed by atoms with van der Waals surface area (Å²) in [4.78, 5) is 44.5. The van der Waals surface area contributed by atoms with Gasteiger partial charge in [-0.2, -0.15) is 0 Å². The Kier molecular flexibility index (Phi) is 7.74. The van der Waals surface area contributed by atoms with Crippen molar-refractivity contribution < 1.29 is 19.1 Å². The maximum atomic E-state index is 13.9. The number of carbonyl (C=O) groups is 3. The molecule has 2 atom stereocenters. The second-order valence-electron chi connectivity index (χ2n) is 9.95. The van der Waals surface area contributed by atoms with Gasteiger partial charge in [-0.1, -0.05) is 48.5 Å². The summed E-state index contributed by atoms with van der Waals surface area (Å²) in [5, 5.41) is 3.83. The molecule has 2 heterocycles. The molecule has 1 unspecified atom stereocenters. The summed E-state index contributed by atoms with van der Waals surface area (Å²) < 4.78 is 5.58. The Balaban J connectivity index is 1.55. The number of esters is 1. The molecule has 0 saturated carbocycles. The molecule has 0 bridgehead atoms. The number of nitrogens with zero attached hydrogens (tertiary/aromatic N) is 1. The minimum atomic E-state index is -1.16. The van der Waals surface area contributed by atoms with Crippen molar-refractivity contribution in [3.8, 4) is 0 Å². The van der Waals surface area contributed by atoms with Gasteiger partial charge in [-0.3, -0.25) is 9.59 Å². The monoisotopic (exact) mass is 490 g/mol. The van der Waals surface area contributed by atoms with Crippen LogP contribution in [0.25, 0.3) is 10.9 Å². The van der Waals surface area contributed by atoms with E-state index in [4.69, 9.17) is 10.5 Å². The van der Waals surface area contributed by atoms with Crippen LogP contribution in [0.3, 0.4) is 0 Å². The molecule has 0 radical (unpaired) electrons. The van der Waals surface area contributed by atoms with E-state index in [0.717, 1.165) is 34.9 Å². The van der Waals surface area contributed by atoms with Crippen molar-refractivity contribution in [2.24, 2.45) is 5.73 Å². The second-order valence-corrected chi connectivity index (χ2v) is 9.95. The first-order valence-corrected chi connectivity index (χ1v) is 12.4. The first kappa shape index (κ1) is 25.4. The molecule has 2 amide bonds. The van der Waals surface area contributed by atoms with E-state index in [9.17, 15) is 14.4 Å². The summed E-state index contributed by atoms with van der Waals surface area (Å²) in [5.41, 5.74) is 7.60. The molecule has 8 heteroatoms. The van der Waals surface area contributed by atoms with E-state index < -0.39 is 29.5 Å². The van der Waals surface area contributed by atoms with Gasteiger partial charge in [0.1, 0.15) is 18.7 Å². The molecule has 1 fully saturated rings. The van der Waals surface area contributed by atoms with Crippen LogP contribution in [0, 0.1) is 0 Å². The maximum absolute atomic E-state index is 13.9. The van der Waals surface area contributed by atoms with E-state index in [0.29, 0.717) is 13.0 Å². The number of carbonyl (C=O) groups excluding carboxylic acids is 3. The zero-order valence-electron chi connectivity index (χ0n) is 20.8. The van der Waals surface area contributed by atoms with Crippen LogP contribution in [0.2, 0.25) is 0 Å². The summed E-state index contributed by atoms with van der Waals surface area (Å²) in [6.07, 6.45) is 4.25. The number of aromatic nitrogens is 1. The quantitative estimate of drug-likeness (QED) is 0.420. The van der Waals surface area contributed by atoms with E-state index in [2.05, 4.69) is 10.3 Å². The van der Waals surface area contributed by atoms with Crippen molar-refractivity contribution in [3.05, 3.63) is 71.9 Å². The first-order chi connectivity index (χ1) is 17.2. The molecule has 1 aromatic heterocycles. The average molecular weight is 491 g/mol. The largest absolute Gasteiger partial charge is 0.459 e. The molecule has 0 aliphatic carbocycles. The number of fused-ring (bicyclic) bond motifs is 1. The molecule has 8 nitrogen and oxygen atoms in total. The van der Waals surface area contributed by atoms with Gasteiger partial charge in [0.2, 0.25) is 11.8 Å². The van der Waals surface area contributed by atoms with Crippen LogP contribution in [-0.4, -0.2) is 51.8 Å². The Morgan fingerprint density at radius 1 is 1.11 bits per heavy atom. The maximum Gasteiger partial charge on any atom is 0.329 e. The van der Waals surface area contributed by atoms with Crippen LogP contribution < -0.4 is 11.1 Å². The summed E-state index contributed by atoms with van der Waals surface area (Å²) in [6.45, 7) is 3.77. The Hall–Kier alpha value is -3.65. The number of hydrogen-bond donors (Lipinski definition) is 3. The highest BCUT2D eigenvalue weighted by Crippen LogP contribution is 2.23. The van der Waals surface area contributed by atoms with Gasteiger partial charge in [0.05, 0.1) is 5.54 Å². The van der Waals surface area contributed by atoms with Gasteiger partial charge in [-0.15, -0.1) is 0 Å². The number of nitrogens with one attached hydrogen (secondary N) is 2. The fraction of sp³-hybridized carbons (Fsp3) is 0.393. The van der Waals surface area contributed by atoms with Gasteiger partial charge in [0.15, 0.2) is 0 Å². The lowest BCUT2D eigenvalue weighted by molar-refractivity contribution is -0.159. The van der Waals surface area contributed by atoms with Crippen LogP contribution in [0.5, 0.6) is 0 Å². The van der Waals surface area contributed by atoms with Crippen LogP contribution in [-0.2, 0) is 32.1 Å². The second kappa shape index (κ2) is 11.0. The molecular formula is C28H34N4O4. The van der Waals surface area contributed by atoms with Crippen molar-refractivity contribution in [2.45, 2.75) is 63.8 Å². The molecule has 36 heavy (non-hydrogen) atoms. The minimum absolute atomic E-state index is 0.148. The summed E-state index contributed by atoms with van der Waals surface area (Å²) in [6, 6.07) is 15.7. The number of aromatic amines is 1. The Labute approximate surface area is 211 Å². The normalized spacial score (nSPS) is 17.0. The molecule has 190 valence electrons. The van der Waals surface area contributed by atoms with Gasteiger partial charge < -0.3 is 25.7 Å². The molecule has 4 N–H and O–H groups in total. The van der Waals surface area contributed by atoms with Crippen LogP contribution in [0.1, 0.15) is 44.2 Å². The number of rotatable bonds is 8. The van der Waals surface area contributed by atoms with E-state index in [1.54, 1.807) is 18.7 Å². The van der Waals surface area contributed by atoms with Crippen molar-refractivity contribution in [1.82, 2.24) is 15.2 Å². The Morgan fingerprint density at radius 2 is 1.83 bits per heavy atom. The summed E-state index contributed by atoms with van der Waals surface area (Å²) in [7, 11) is 0. The molecular weight excluding hydrogens is 456 g/mol. The number of piperidine rings is 1. The fourth-order valence-corrected chi connectivity index (χ4v) is 4.53. The molecule has 1 aliphatic heterocycles. The average Bonchev–Trinajstić information content (AvgIpc) is 3.29. The molecule has 1 saturated heterocycles. The van der Waals surface area contributed by atoms with Gasteiger partial charge >= 0.3 is 5.97 Å². The number of hydrogen-bond acceptors (Lipinski definition) is 5. The van der Waals surface area contributed by atoms with Crippen molar-refractivity contribution in [1.29, 1.82) is 0 Å². The van der Waals surface area contributed by atoms with Crippen LogP contribution >= 0.6 is 0 Å².